The fraction of sp³-hybridized carbons (Fsp3) is 0.444. The second-order valence-corrected chi connectivity index (χ2v) is 7.09. The van der Waals surface area contributed by atoms with Gasteiger partial charge in [-0.2, -0.15) is 0 Å². The molecule has 3 rings (SSSR count). The minimum atomic E-state index is -0.731. The average Bonchev–Trinajstić information content (AvgIpc) is 3.07. The lowest BCUT2D eigenvalue weighted by Crippen LogP contribution is -2.44. The monoisotopic (exact) mass is 392 g/mol. The molecule has 0 bridgehead atoms. The predicted molar refractivity (Wildman–Crippen MR) is 93.7 cm³/mol. The summed E-state index contributed by atoms with van der Waals surface area (Å²) in [6, 6.07) is 11.1. The molecule has 1 aliphatic heterocycles. The number of hydrogen-bond donors (Lipinski definition) is 1. The van der Waals surface area contributed by atoms with Gasteiger partial charge in [-0.1, -0.05) is 35.5 Å². The Labute approximate surface area is 149 Å². The summed E-state index contributed by atoms with van der Waals surface area (Å²) in [5, 5.41) is 14.2. The van der Waals surface area contributed by atoms with Gasteiger partial charge in [0.15, 0.2) is 11.5 Å². The Balaban J connectivity index is 1.57. The molecule has 1 aromatic heterocycles. The molecule has 1 fully saturated rings. The van der Waals surface area contributed by atoms with Crippen molar-refractivity contribution in [3.63, 3.8) is 0 Å². The zero-order valence-corrected chi connectivity index (χ0v) is 15.1. The summed E-state index contributed by atoms with van der Waals surface area (Å²) in [6.45, 7) is 3.55. The Morgan fingerprint density at radius 2 is 2.00 bits per heavy atom. The van der Waals surface area contributed by atoms with Gasteiger partial charge in [0.2, 0.25) is 0 Å². The molecule has 0 saturated carbocycles. The summed E-state index contributed by atoms with van der Waals surface area (Å²) in [7, 11) is 0. The molecule has 2 aromatic rings. The Morgan fingerprint density at radius 3 is 2.58 bits per heavy atom. The lowest BCUT2D eigenvalue weighted by Gasteiger charge is -2.36. The van der Waals surface area contributed by atoms with Crippen LogP contribution in [0.15, 0.2) is 45.5 Å². The summed E-state index contributed by atoms with van der Waals surface area (Å²) in [5.74, 6) is 0.742. The highest BCUT2D eigenvalue weighted by atomic mass is 79.9. The van der Waals surface area contributed by atoms with Gasteiger partial charge in [0.25, 0.3) is 0 Å². The minimum Gasteiger partial charge on any atom is -0.383 e. The van der Waals surface area contributed by atoms with Crippen LogP contribution in [0, 0.1) is 5.92 Å². The smallest absolute Gasteiger partial charge is 0.167 e. The van der Waals surface area contributed by atoms with Gasteiger partial charge in [0, 0.05) is 23.6 Å². The highest BCUT2D eigenvalue weighted by molar-refractivity contribution is 9.10. The number of halogens is 1. The first kappa shape index (κ1) is 17.3. The fourth-order valence-corrected chi connectivity index (χ4v) is 3.55. The van der Waals surface area contributed by atoms with E-state index < -0.39 is 6.10 Å². The van der Waals surface area contributed by atoms with Crippen molar-refractivity contribution >= 4 is 21.7 Å². The number of piperidine rings is 1. The predicted octanol–water partition coefficient (Wildman–Crippen LogP) is 3.45. The molecule has 1 aromatic carbocycles. The molecule has 0 aliphatic carbocycles. The molecular formula is C18H21BrN2O3. The third-order valence-electron chi connectivity index (χ3n) is 4.78. The quantitative estimate of drug-likeness (QED) is 0.789. The van der Waals surface area contributed by atoms with E-state index in [-0.39, 0.29) is 17.7 Å². The van der Waals surface area contributed by atoms with Crippen molar-refractivity contribution in [3.8, 4) is 0 Å². The Kier molecular flexibility index (Phi) is 5.48. The Morgan fingerprint density at radius 1 is 1.33 bits per heavy atom. The first-order valence-electron chi connectivity index (χ1n) is 8.19. The first-order chi connectivity index (χ1) is 11.6. The highest BCUT2D eigenvalue weighted by Gasteiger charge is 2.31. The lowest BCUT2D eigenvalue weighted by atomic mass is 9.88. The number of carbonyl (C=O) groups is 1. The number of aromatic nitrogens is 1. The second kappa shape index (κ2) is 7.59. The lowest BCUT2D eigenvalue weighted by molar-refractivity contribution is 0.0224. The largest absolute Gasteiger partial charge is 0.383 e. The van der Waals surface area contributed by atoms with E-state index in [1.807, 2.05) is 37.3 Å². The first-order valence-corrected chi connectivity index (χ1v) is 8.99. The second-order valence-electron chi connectivity index (χ2n) is 6.28. The van der Waals surface area contributed by atoms with Crippen LogP contribution in [0.1, 0.15) is 42.0 Å². The average molecular weight is 393 g/mol. The third kappa shape index (κ3) is 3.77. The number of hydrogen-bond acceptors (Lipinski definition) is 5. The summed E-state index contributed by atoms with van der Waals surface area (Å²) < 4.78 is 5.71. The molecule has 2 heterocycles. The number of rotatable bonds is 5. The molecule has 1 saturated heterocycles. The Hall–Kier alpha value is -1.50. The zero-order chi connectivity index (χ0) is 17.1. The summed E-state index contributed by atoms with van der Waals surface area (Å²) >= 11 is 3.22. The van der Waals surface area contributed by atoms with Crippen molar-refractivity contribution in [1.82, 2.24) is 10.1 Å². The number of ketones is 1. The van der Waals surface area contributed by atoms with Gasteiger partial charge in [0.05, 0.1) is 0 Å². The number of aliphatic hydroxyl groups is 1. The van der Waals surface area contributed by atoms with Crippen molar-refractivity contribution < 1.29 is 14.4 Å². The van der Waals surface area contributed by atoms with Crippen LogP contribution in [-0.2, 0) is 0 Å². The minimum absolute atomic E-state index is 0.0624. The number of carbonyl (C=O) groups excluding carboxylic acids is 1. The molecule has 2 atom stereocenters. The van der Waals surface area contributed by atoms with Crippen molar-refractivity contribution in [2.24, 2.45) is 5.92 Å². The van der Waals surface area contributed by atoms with Gasteiger partial charge in [-0.15, -0.1) is 0 Å². The van der Waals surface area contributed by atoms with Crippen LogP contribution < -0.4 is 0 Å². The molecule has 0 radical (unpaired) electrons. The molecule has 1 N–H and O–H groups in total. The molecule has 0 spiro atoms. The number of aliphatic hydroxyl groups excluding tert-OH is 1. The molecule has 0 amide bonds. The van der Waals surface area contributed by atoms with Crippen LogP contribution in [0.3, 0.4) is 0 Å². The summed E-state index contributed by atoms with van der Waals surface area (Å²) in [6.07, 6.45) is 0.889. The zero-order valence-electron chi connectivity index (χ0n) is 13.6. The maximum Gasteiger partial charge on any atom is 0.167 e. The van der Waals surface area contributed by atoms with E-state index in [0.29, 0.717) is 10.4 Å². The number of benzene rings is 1. The van der Waals surface area contributed by atoms with E-state index in [1.165, 1.54) is 0 Å². The summed E-state index contributed by atoms with van der Waals surface area (Å²) in [5.41, 5.74) is 0.788. The van der Waals surface area contributed by atoms with Gasteiger partial charge in [0.1, 0.15) is 10.7 Å². The normalized spacial score (nSPS) is 19.1. The maximum absolute atomic E-state index is 12.5. The van der Waals surface area contributed by atoms with Crippen LogP contribution >= 0.6 is 15.9 Å². The summed E-state index contributed by atoms with van der Waals surface area (Å²) in [4.78, 5) is 14.7. The highest BCUT2D eigenvalue weighted by Crippen LogP contribution is 2.28. The Bertz CT molecular complexity index is 681. The third-order valence-corrected chi connectivity index (χ3v) is 5.16. The van der Waals surface area contributed by atoms with Gasteiger partial charge in [-0.05, 0) is 48.8 Å². The van der Waals surface area contributed by atoms with Crippen LogP contribution in [0.5, 0.6) is 0 Å². The van der Waals surface area contributed by atoms with Crippen LogP contribution in [0.4, 0.5) is 0 Å². The van der Waals surface area contributed by atoms with E-state index in [0.717, 1.165) is 31.5 Å². The van der Waals surface area contributed by atoms with Crippen molar-refractivity contribution in [2.45, 2.75) is 31.9 Å². The van der Waals surface area contributed by atoms with Gasteiger partial charge < -0.3 is 9.63 Å². The van der Waals surface area contributed by atoms with E-state index in [1.54, 1.807) is 6.07 Å². The maximum atomic E-state index is 12.5. The van der Waals surface area contributed by atoms with E-state index >= 15 is 0 Å². The standard InChI is InChI=1S/C18H21BrN2O3/c1-12(17(22)15-11-16(19)20-24-15)21-9-7-14(8-10-21)18(23)13-5-3-2-4-6-13/h2-6,11-12,14,17,22H,7-10H2,1H3. The van der Waals surface area contributed by atoms with Gasteiger partial charge >= 0.3 is 0 Å². The molecule has 2 unspecified atom stereocenters. The van der Waals surface area contributed by atoms with Crippen LogP contribution in [0.2, 0.25) is 0 Å². The van der Waals surface area contributed by atoms with Crippen LogP contribution in [-0.4, -0.2) is 40.1 Å². The number of Topliss-reactive ketones (excluding diaryl/α,β-unsaturated/α-hetero) is 1. The number of nitrogens with zero attached hydrogens (tertiary/aromatic N) is 2. The molecule has 1 aliphatic rings. The van der Waals surface area contributed by atoms with Gasteiger partial charge in [-0.3, -0.25) is 9.69 Å². The topological polar surface area (TPSA) is 66.6 Å². The van der Waals surface area contributed by atoms with E-state index in [4.69, 9.17) is 4.52 Å². The molecule has 5 nitrogen and oxygen atoms in total. The van der Waals surface area contributed by atoms with Crippen molar-refractivity contribution in [3.05, 3.63) is 52.3 Å². The molecule has 24 heavy (non-hydrogen) atoms. The number of likely N-dealkylation sites (tertiary alicyclic amines) is 1. The molecular weight excluding hydrogens is 372 g/mol. The van der Waals surface area contributed by atoms with Crippen molar-refractivity contribution in [2.75, 3.05) is 13.1 Å². The van der Waals surface area contributed by atoms with Crippen molar-refractivity contribution in [1.29, 1.82) is 0 Å². The SMILES string of the molecule is CC(C(O)c1cc(Br)no1)N1CCC(C(=O)c2ccccc2)CC1. The van der Waals surface area contributed by atoms with Gasteiger partial charge in [-0.25, -0.2) is 0 Å². The van der Waals surface area contributed by atoms with E-state index in [2.05, 4.69) is 26.0 Å². The fourth-order valence-electron chi connectivity index (χ4n) is 3.25. The van der Waals surface area contributed by atoms with E-state index in [9.17, 15) is 9.90 Å². The molecule has 6 heteroatoms. The van der Waals surface area contributed by atoms with Crippen LogP contribution in [0.25, 0.3) is 0 Å². The molecule has 128 valence electrons.